The summed E-state index contributed by atoms with van der Waals surface area (Å²) in [6.07, 6.45) is 0.806. The molecule has 0 aliphatic carbocycles. The number of rotatable bonds is 6. The fraction of sp³-hybridized carbons (Fsp3) is 0.471. The molecule has 0 fully saturated rings. The number of nitrogens with zero attached hydrogens (tertiary/aromatic N) is 2. The molecule has 0 bridgehead atoms. The third-order valence-corrected chi connectivity index (χ3v) is 4.74. The van der Waals surface area contributed by atoms with Crippen molar-refractivity contribution in [2.75, 3.05) is 0 Å². The van der Waals surface area contributed by atoms with Crippen molar-refractivity contribution >= 4 is 40.2 Å². The minimum Gasteiger partial charge on any atom is -0.353 e. The van der Waals surface area contributed by atoms with Crippen molar-refractivity contribution in [3.05, 3.63) is 33.6 Å². The molecular weight excluding hydrogens is 346 g/mol. The lowest BCUT2D eigenvalue weighted by atomic mass is 10.2. The zero-order chi connectivity index (χ0) is 17.9. The van der Waals surface area contributed by atoms with E-state index in [0.29, 0.717) is 27.6 Å². The van der Waals surface area contributed by atoms with Crippen LogP contribution in [0.3, 0.4) is 0 Å². The largest absolute Gasteiger partial charge is 0.353 e. The highest BCUT2D eigenvalue weighted by Gasteiger charge is 2.19. The second-order valence-electron chi connectivity index (χ2n) is 5.94. The molecule has 0 aliphatic heterocycles. The van der Waals surface area contributed by atoms with Gasteiger partial charge in [0.25, 0.3) is 5.56 Å². The van der Waals surface area contributed by atoms with Gasteiger partial charge in [-0.2, -0.15) is 0 Å². The zero-order valence-corrected chi connectivity index (χ0v) is 15.9. The van der Waals surface area contributed by atoms with Gasteiger partial charge < -0.3 is 5.32 Å². The van der Waals surface area contributed by atoms with Crippen LogP contribution in [0.2, 0.25) is 5.02 Å². The zero-order valence-electron chi connectivity index (χ0n) is 14.3. The lowest BCUT2D eigenvalue weighted by molar-refractivity contribution is -0.120. The Hall–Kier alpha value is -1.53. The highest BCUT2D eigenvalue weighted by molar-refractivity contribution is 8.00. The molecular formula is C17H22ClN3O2S. The Bertz CT molecular complexity index is 804. The van der Waals surface area contributed by atoms with Gasteiger partial charge in [0.2, 0.25) is 5.91 Å². The molecule has 0 radical (unpaired) electrons. The number of carbonyl (C=O) groups is 1. The molecule has 1 atom stereocenters. The molecule has 0 saturated carbocycles. The van der Waals surface area contributed by atoms with E-state index in [0.717, 1.165) is 6.42 Å². The van der Waals surface area contributed by atoms with Crippen LogP contribution in [0.25, 0.3) is 10.9 Å². The summed E-state index contributed by atoms with van der Waals surface area (Å²) in [7, 11) is 0. The molecule has 5 nitrogen and oxygen atoms in total. The molecule has 0 spiro atoms. The van der Waals surface area contributed by atoms with Gasteiger partial charge in [0, 0.05) is 17.6 Å². The molecule has 1 N–H and O–H groups in total. The van der Waals surface area contributed by atoms with Gasteiger partial charge in [-0.15, -0.1) is 0 Å². The van der Waals surface area contributed by atoms with Crippen LogP contribution in [0.5, 0.6) is 0 Å². The summed E-state index contributed by atoms with van der Waals surface area (Å²) in [4.78, 5) is 29.5. The number of thioether (sulfide) groups is 1. The molecule has 0 saturated heterocycles. The van der Waals surface area contributed by atoms with Gasteiger partial charge in [0.15, 0.2) is 5.16 Å². The Morgan fingerprint density at radius 1 is 1.38 bits per heavy atom. The Labute approximate surface area is 150 Å². The third-order valence-electron chi connectivity index (χ3n) is 3.41. The number of halogens is 1. The fourth-order valence-corrected chi connectivity index (χ4v) is 3.41. The van der Waals surface area contributed by atoms with Crippen molar-refractivity contribution in [2.24, 2.45) is 0 Å². The number of benzene rings is 1. The van der Waals surface area contributed by atoms with Crippen molar-refractivity contribution in [2.45, 2.75) is 57.1 Å². The standard InChI is InChI=1S/C17H22ClN3O2S/c1-5-8-21-16(23)13-7-6-12(18)9-14(13)20-17(21)24-11(4)15(22)19-10(2)3/h6-7,9-11H,5,8H2,1-4H3,(H,19,22). The Kier molecular flexibility index (Phi) is 6.29. The van der Waals surface area contributed by atoms with E-state index in [1.807, 2.05) is 27.7 Å². The van der Waals surface area contributed by atoms with Crippen molar-refractivity contribution in [3.63, 3.8) is 0 Å². The van der Waals surface area contributed by atoms with Crippen molar-refractivity contribution in [3.8, 4) is 0 Å². The third kappa shape index (κ3) is 4.30. The number of hydrogen-bond acceptors (Lipinski definition) is 4. The number of carbonyl (C=O) groups excluding carboxylic acids is 1. The van der Waals surface area contributed by atoms with Crippen LogP contribution in [0.4, 0.5) is 0 Å². The normalized spacial score (nSPS) is 12.6. The SMILES string of the molecule is CCCn1c(SC(C)C(=O)NC(C)C)nc2cc(Cl)ccc2c1=O. The minimum atomic E-state index is -0.348. The molecule has 24 heavy (non-hydrogen) atoms. The van der Waals surface area contributed by atoms with E-state index in [4.69, 9.17) is 11.6 Å². The van der Waals surface area contributed by atoms with Crippen LogP contribution in [0.1, 0.15) is 34.1 Å². The van der Waals surface area contributed by atoms with Gasteiger partial charge in [-0.05, 0) is 45.4 Å². The maximum atomic E-state index is 12.7. The predicted octanol–water partition coefficient (Wildman–Crippen LogP) is 3.47. The van der Waals surface area contributed by atoms with Gasteiger partial charge in [-0.1, -0.05) is 30.3 Å². The monoisotopic (exact) mass is 367 g/mol. The Morgan fingerprint density at radius 3 is 2.71 bits per heavy atom. The topological polar surface area (TPSA) is 64.0 Å². The van der Waals surface area contributed by atoms with Crippen LogP contribution < -0.4 is 10.9 Å². The molecule has 0 aliphatic rings. The summed E-state index contributed by atoms with van der Waals surface area (Å²) in [6, 6.07) is 5.14. The van der Waals surface area contributed by atoms with Crippen molar-refractivity contribution < 1.29 is 4.79 Å². The fourth-order valence-electron chi connectivity index (χ4n) is 2.30. The summed E-state index contributed by atoms with van der Waals surface area (Å²) in [5.74, 6) is -0.0708. The first-order valence-electron chi connectivity index (χ1n) is 8.00. The number of fused-ring (bicyclic) bond motifs is 1. The maximum absolute atomic E-state index is 12.7. The lowest BCUT2D eigenvalue weighted by Crippen LogP contribution is -2.36. The quantitative estimate of drug-likeness (QED) is 0.627. The first-order chi connectivity index (χ1) is 11.3. The van der Waals surface area contributed by atoms with E-state index in [9.17, 15) is 9.59 Å². The first-order valence-corrected chi connectivity index (χ1v) is 9.26. The molecule has 2 aromatic rings. The summed E-state index contributed by atoms with van der Waals surface area (Å²) in [6.45, 7) is 8.21. The number of nitrogens with one attached hydrogen (secondary N) is 1. The van der Waals surface area contributed by atoms with E-state index < -0.39 is 0 Å². The molecule has 1 heterocycles. The van der Waals surface area contributed by atoms with E-state index in [2.05, 4.69) is 10.3 Å². The lowest BCUT2D eigenvalue weighted by Gasteiger charge is -2.17. The van der Waals surface area contributed by atoms with Gasteiger partial charge in [0.1, 0.15) is 0 Å². The average Bonchev–Trinajstić information content (AvgIpc) is 2.50. The Balaban J connectivity index is 2.45. The average molecular weight is 368 g/mol. The smallest absolute Gasteiger partial charge is 0.262 e. The highest BCUT2D eigenvalue weighted by Crippen LogP contribution is 2.24. The molecule has 1 aromatic carbocycles. The second-order valence-corrected chi connectivity index (χ2v) is 7.68. The van der Waals surface area contributed by atoms with Crippen LogP contribution in [-0.2, 0) is 11.3 Å². The predicted molar refractivity (Wildman–Crippen MR) is 99.9 cm³/mol. The van der Waals surface area contributed by atoms with Crippen LogP contribution in [0, 0.1) is 0 Å². The van der Waals surface area contributed by atoms with Gasteiger partial charge in [0.05, 0.1) is 16.2 Å². The Morgan fingerprint density at radius 2 is 2.08 bits per heavy atom. The molecule has 7 heteroatoms. The van der Waals surface area contributed by atoms with E-state index in [1.54, 1.807) is 22.8 Å². The summed E-state index contributed by atoms with van der Waals surface area (Å²) in [5.41, 5.74) is 0.455. The van der Waals surface area contributed by atoms with Gasteiger partial charge in [-0.3, -0.25) is 14.2 Å². The van der Waals surface area contributed by atoms with E-state index >= 15 is 0 Å². The van der Waals surface area contributed by atoms with Crippen LogP contribution >= 0.6 is 23.4 Å². The van der Waals surface area contributed by atoms with Crippen molar-refractivity contribution in [1.82, 2.24) is 14.9 Å². The molecule has 1 unspecified atom stereocenters. The van der Waals surface area contributed by atoms with Crippen molar-refractivity contribution in [1.29, 1.82) is 0 Å². The number of aromatic nitrogens is 2. The molecule has 130 valence electrons. The van der Waals surface area contributed by atoms with Gasteiger partial charge >= 0.3 is 0 Å². The van der Waals surface area contributed by atoms with E-state index in [-0.39, 0.29) is 22.8 Å². The second kappa shape index (κ2) is 8.03. The minimum absolute atomic E-state index is 0.0708. The molecule has 1 aromatic heterocycles. The first kappa shape index (κ1) is 18.8. The van der Waals surface area contributed by atoms with Gasteiger partial charge in [-0.25, -0.2) is 4.98 Å². The molecule has 2 rings (SSSR count). The highest BCUT2D eigenvalue weighted by atomic mass is 35.5. The summed E-state index contributed by atoms with van der Waals surface area (Å²) < 4.78 is 1.64. The summed E-state index contributed by atoms with van der Waals surface area (Å²) in [5, 5.41) is 4.15. The number of amides is 1. The summed E-state index contributed by atoms with van der Waals surface area (Å²) >= 11 is 7.31. The van der Waals surface area contributed by atoms with E-state index in [1.165, 1.54) is 11.8 Å². The van der Waals surface area contributed by atoms with Crippen LogP contribution in [-0.4, -0.2) is 26.8 Å². The van der Waals surface area contributed by atoms with Crippen LogP contribution in [0.15, 0.2) is 28.2 Å². The molecule has 1 amide bonds. The number of hydrogen-bond donors (Lipinski definition) is 1. The maximum Gasteiger partial charge on any atom is 0.262 e.